The van der Waals surface area contributed by atoms with Crippen LogP contribution in [-0.2, 0) is 16.0 Å². The molecule has 1 aliphatic rings. The van der Waals surface area contributed by atoms with Crippen LogP contribution in [0.2, 0.25) is 0 Å². The van der Waals surface area contributed by atoms with Crippen molar-refractivity contribution in [1.82, 2.24) is 20.1 Å². The average Bonchev–Trinajstić information content (AvgIpc) is 3.40. The molecule has 0 aliphatic carbocycles. The van der Waals surface area contributed by atoms with Gasteiger partial charge in [0.2, 0.25) is 11.8 Å². The van der Waals surface area contributed by atoms with E-state index >= 15 is 0 Å². The van der Waals surface area contributed by atoms with Crippen LogP contribution < -0.4 is 10.1 Å². The molecule has 1 fully saturated rings. The predicted octanol–water partition coefficient (Wildman–Crippen LogP) is 3.58. The lowest BCUT2D eigenvalue weighted by molar-refractivity contribution is -0.121. The van der Waals surface area contributed by atoms with E-state index < -0.39 is 0 Å². The van der Waals surface area contributed by atoms with Crippen LogP contribution in [0, 0.1) is 20.8 Å². The van der Waals surface area contributed by atoms with Crippen LogP contribution in [0.3, 0.4) is 0 Å². The molecule has 1 aromatic carbocycles. The number of hydrogen-bond donors (Lipinski definition) is 1. The highest BCUT2D eigenvalue weighted by atomic mass is 16.5. The van der Waals surface area contributed by atoms with Crippen LogP contribution in [0.4, 0.5) is 0 Å². The minimum Gasteiger partial charge on any atom is -0.481 e. The molecule has 1 N–H and O–H groups in total. The molecule has 7 nitrogen and oxygen atoms in total. The summed E-state index contributed by atoms with van der Waals surface area (Å²) in [6.45, 7) is 7.48. The molecule has 164 valence electrons. The molecule has 4 rings (SSSR count). The largest absolute Gasteiger partial charge is 0.481 e. The summed E-state index contributed by atoms with van der Waals surface area (Å²) >= 11 is 0. The molecule has 0 radical (unpaired) electrons. The third kappa shape index (κ3) is 4.42. The van der Waals surface area contributed by atoms with Gasteiger partial charge in [-0.2, -0.15) is 10.1 Å². The fraction of sp³-hybridized carbons (Fsp3) is 0.458. The second kappa shape index (κ2) is 9.06. The van der Waals surface area contributed by atoms with Crippen LogP contribution >= 0.6 is 0 Å². The van der Waals surface area contributed by atoms with Gasteiger partial charge in [-0.15, -0.1) is 0 Å². The SMILES string of the molecule is COc1nc2c(c(C)nn2-c2ccc(C)cc2)c(C)c1CCC(=O)NCC1CCCO1. The molecule has 0 spiro atoms. The second-order valence-electron chi connectivity index (χ2n) is 8.20. The van der Waals surface area contributed by atoms with Gasteiger partial charge < -0.3 is 14.8 Å². The molecule has 1 unspecified atom stereocenters. The van der Waals surface area contributed by atoms with Gasteiger partial charge in [-0.3, -0.25) is 4.79 Å². The summed E-state index contributed by atoms with van der Waals surface area (Å²) in [4.78, 5) is 17.2. The molecular formula is C24H30N4O3. The van der Waals surface area contributed by atoms with Crippen molar-refractivity contribution in [3.8, 4) is 11.6 Å². The fourth-order valence-electron chi connectivity index (χ4n) is 4.22. The molecule has 0 bridgehead atoms. The molecule has 7 heteroatoms. The van der Waals surface area contributed by atoms with Crippen LogP contribution in [0.15, 0.2) is 24.3 Å². The standard InChI is InChI=1S/C24H30N4O3/c1-15-7-9-18(10-8-15)28-23-22(17(3)27-28)16(2)20(24(26-23)30-4)11-12-21(29)25-14-19-6-5-13-31-19/h7-10,19H,5-6,11-14H2,1-4H3,(H,25,29). The summed E-state index contributed by atoms with van der Waals surface area (Å²) in [5, 5.41) is 8.74. The van der Waals surface area contributed by atoms with E-state index in [1.807, 2.05) is 23.7 Å². The summed E-state index contributed by atoms with van der Waals surface area (Å²) in [5.74, 6) is 0.564. The lowest BCUT2D eigenvalue weighted by atomic mass is 10.0. The van der Waals surface area contributed by atoms with Crippen molar-refractivity contribution in [3.63, 3.8) is 0 Å². The Morgan fingerprint density at radius 3 is 2.71 bits per heavy atom. The zero-order chi connectivity index (χ0) is 22.0. The minimum atomic E-state index is 0.0177. The van der Waals surface area contributed by atoms with Crippen molar-refractivity contribution in [2.45, 2.75) is 52.6 Å². The van der Waals surface area contributed by atoms with Crippen molar-refractivity contribution >= 4 is 16.9 Å². The molecule has 31 heavy (non-hydrogen) atoms. The highest BCUT2D eigenvalue weighted by Crippen LogP contribution is 2.31. The van der Waals surface area contributed by atoms with Crippen LogP contribution in [-0.4, -0.2) is 47.0 Å². The number of rotatable bonds is 7. The molecule has 3 heterocycles. The number of amides is 1. The van der Waals surface area contributed by atoms with E-state index in [9.17, 15) is 4.79 Å². The van der Waals surface area contributed by atoms with Gasteiger partial charge in [0.05, 0.1) is 24.6 Å². The van der Waals surface area contributed by atoms with Crippen molar-refractivity contribution in [2.75, 3.05) is 20.3 Å². The number of benzene rings is 1. The lowest BCUT2D eigenvalue weighted by Crippen LogP contribution is -2.31. The summed E-state index contributed by atoms with van der Waals surface area (Å²) in [7, 11) is 1.62. The smallest absolute Gasteiger partial charge is 0.220 e. The summed E-state index contributed by atoms with van der Waals surface area (Å²) in [6.07, 6.45) is 3.16. The normalized spacial score (nSPS) is 16.1. The zero-order valence-corrected chi connectivity index (χ0v) is 18.7. The van der Waals surface area contributed by atoms with E-state index in [-0.39, 0.29) is 12.0 Å². The molecule has 3 aromatic rings. The summed E-state index contributed by atoms with van der Waals surface area (Å²) in [6, 6.07) is 8.20. The maximum absolute atomic E-state index is 12.4. The van der Waals surface area contributed by atoms with Gasteiger partial charge in [-0.05, 0) is 57.7 Å². The predicted molar refractivity (Wildman–Crippen MR) is 120 cm³/mol. The fourth-order valence-corrected chi connectivity index (χ4v) is 4.22. The Morgan fingerprint density at radius 1 is 1.26 bits per heavy atom. The van der Waals surface area contributed by atoms with Crippen LogP contribution in [0.25, 0.3) is 16.7 Å². The Bertz CT molecular complexity index is 1080. The van der Waals surface area contributed by atoms with Gasteiger partial charge in [0.15, 0.2) is 5.65 Å². The molecule has 2 aromatic heterocycles. The number of aryl methyl sites for hydroxylation is 3. The Kier molecular flexibility index (Phi) is 6.23. The highest BCUT2D eigenvalue weighted by Gasteiger charge is 2.21. The van der Waals surface area contributed by atoms with Gasteiger partial charge in [0, 0.05) is 30.5 Å². The third-order valence-electron chi connectivity index (χ3n) is 5.95. The van der Waals surface area contributed by atoms with Crippen molar-refractivity contribution < 1.29 is 14.3 Å². The highest BCUT2D eigenvalue weighted by molar-refractivity contribution is 5.86. The average molecular weight is 423 g/mol. The first-order valence-electron chi connectivity index (χ1n) is 10.9. The van der Waals surface area contributed by atoms with E-state index in [1.165, 1.54) is 5.56 Å². The number of pyridine rings is 1. The number of ether oxygens (including phenoxy) is 2. The number of hydrogen-bond acceptors (Lipinski definition) is 5. The minimum absolute atomic E-state index is 0.0177. The first-order valence-corrected chi connectivity index (χ1v) is 10.9. The van der Waals surface area contributed by atoms with Crippen molar-refractivity contribution in [2.24, 2.45) is 0 Å². The van der Waals surface area contributed by atoms with Gasteiger partial charge in [0.25, 0.3) is 0 Å². The first-order chi connectivity index (χ1) is 15.0. The van der Waals surface area contributed by atoms with Gasteiger partial charge in [0.1, 0.15) is 0 Å². The van der Waals surface area contributed by atoms with E-state index in [4.69, 9.17) is 19.6 Å². The van der Waals surface area contributed by atoms with E-state index in [1.54, 1.807) is 7.11 Å². The molecule has 1 atom stereocenters. The number of carbonyl (C=O) groups excluding carboxylic acids is 1. The van der Waals surface area contributed by atoms with Gasteiger partial charge in [-0.25, -0.2) is 4.68 Å². The van der Waals surface area contributed by atoms with Gasteiger partial charge >= 0.3 is 0 Å². The monoisotopic (exact) mass is 422 g/mol. The zero-order valence-electron chi connectivity index (χ0n) is 18.7. The molecule has 1 saturated heterocycles. The van der Waals surface area contributed by atoms with Crippen molar-refractivity contribution in [3.05, 3.63) is 46.6 Å². The van der Waals surface area contributed by atoms with Crippen molar-refractivity contribution in [1.29, 1.82) is 0 Å². The topological polar surface area (TPSA) is 78.3 Å². The van der Waals surface area contributed by atoms with E-state index in [0.717, 1.165) is 53.0 Å². The number of aromatic nitrogens is 3. The number of carbonyl (C=O) groups is 1. The van der Waals surface area contributed by atoms with E-state index in [2.05, 4.69) is 31.3 Å². The first kappa shape index (κ1) is 21.3. The lowest BCUT2D eigenvalue weighted by Gasteiger charge is -2.14. The molecular weight excluding hydrogens is 392 g/mol. The second-order valence-corrected chi connectivity index (χ2v) is 8.20. The van der Waals surface area contributed by atoms with Gasteiger partial charge in [-0.1, -0.05) is 17.7 Å². The summed E-state index contributed by atoms with van der Waals surface area (Å²) < 4.78 is 13.1. The molecule has 0 saturated carbocycles. The molecule has 1 amide bonds. The third-order valence-corrected chi connectivity index (χ3v) is 5.95. The summed E-state index contributed by atoms with van der Waals surface area (Å²) in [5.41, 5.74) is 5.84. The van der Waals surface area contributed by atoms with Crippen LogP contribution in [0.1, 0.15) is 41.6 Å². The maximum atomic E-state index is 12.4. The Morgan fingerprint density at radius 2 is 2.03 bits per heavy atom. The number of methoxy groups -OCH3 is 1. The molecule has 1 aliphatic heterocycles. The maximum Gasteiger partial charge on any atom is 0.220 e. The Labute approximate surface area is 182 Å². The quantitative estimate of drug-likeness (QED) is 0.630. The number of fused-ring (bicyclic) bond motifs is 1. The Balaban J connectivity index is 1.59. The Hall–Kier alpha value is -2.93. The van der Waals surface area contributed by atoms with Crippen LogP contribution in [0.5, 0.6) is 5.88 Å². The van der Waals surface area contributed by atoms with E-state index in [0.29, 0.717) is 25.3 Å². The number of nitrogens with zero attached hydrogens (tertiary/aromatic N) is 3. The number of nitrogens with one attached hydrogen (secondary N) is 1.